The first-order valence-electron chi connectivity index (χ1n) is 8.80. The Kier molecular flexibility index (Phi) is 5.63. The molecule has 5 heteroatoms. The van der Waals surface area contributed by atoms with Gasteiger partial charge in [-0.3, -0.25) is 9.59 Å². The lowest BCUT2D eigenvalue weighted by atomic mass is 10.1. The number of benzene rings is 1. The number of carbonyl (C=O) groups excluding carboxylic acids is 1. The average Bonchev–Trinajstić information content (AvgIpc) is 2.63. The van der Waals surface area contributed by atoms with Crippen LogP contribution in [0.15, 0.2) is 52.3 Å². The molecule has 0 radical (unpaired) electrons. The maximum Gasteiger partial charge on any atom is 0.254 e. The van der Waals surface area contributed by atoms with Gasteiger partial charge in [-0.2, -0.15) is 0 Å². The number of likely N-dealkylation sites (tertiary alicyclic amines) is 1. The number of aromatic nitrogens is 1. The predicted molar refractivity (Wildman–Crippen MR) is 102 cm³/mol. The molecule has 1 aliphatic rings. The number of thioether (sulfide) groups is 1. The minimum Gasteiger partial charge on any atom is -0.339 e. The number of carbonyl (C=O) groups is 1. The van der Waals surface area contributed by atoms with Crippen molar-refractivity contribution in [2.45, 2.75) is 43.4 Å². The third kappa shape index (κ3) is 4.15. The van der Waals surface area contributed by atoms with E-state index >= 15 is 0 Å². The van der Waals surface area contributed by atoms with E-state index in [-0.39, 0.29) is 11.5 Å². The van der Waals surface area contributed by atoms with Crippen LogP contribution in [-0.2, 0) is 6.54 Å². The monoisotopic (exact) mass is 356 g/mol. The smallest absolute Gasteiger partial charge is 0.254 e. The summed E-state index contributed by atoms with van der Waals surface area (Å²) in [6, 6.07) is 11.7. The normalized spacial score (nSPS) is 15.4. The second kappa shape index (κ2) is 7.91. The molecule has 3 rings (SSSR count). The summed E-state index contributed by atoms with van der Waals surface area (Å²) in [5.74, 6) is -0.0281. The second-order valence-electron chi connectivity index (χ2n) is 6.41. The van der Waals surface area contributed by atoms with Crippen molar-refractivity contribution in [3.63, 3.8) is 0 Å². The van der Waals surface area contributed by atoms with Gasteiger partial charge < -0.3 is 9.47 Å². The number of nitrogens with zero attached hydrogens (tertiary/aromatic N) is 2. The Labute approximate surface area is 152 Å². The molecule has 1 aliphatic heterocycles. The van der Waals surface area contributed by atoms with E-state index in [1.165, 1.54) is 16.5 Å². The molecule has 2 heterocycles. The summed E-state index contributed by atoms with van der Waals surface area (Å²) in [5.41, 5.74) is 1.69. The highest BCUT2D eigenvalue weighted by molar-refractivity contribution is 8.00. The Balaban J connectivity index is 1.60. The fraction of sp³-hybridized carbons (Fsp3) is 0.400. The highest BCUT2D eigenvalue weighted by atomic mass is 32.2. The second-order valence-corrected chi connectivity index (χ2v) is 7.76. The fourth-order valence-corrected chi connectivity index (χ4v) is 4.35. The van der Waals surface area contributed by atoms with Crippen LogP contribution < -0.4 is 5.56 Å². The van der Waals surface area contributed by atoms with E-state index < -0.39 is 0 Å². The first-order chi connectivity index (χ1) is 12.1. The molecule has 0 spiro atoms. The molecule has 1 aromatic carbocycles. The first-order valence-corrected chi connectivity index (χ1v) is 9.68. The zero-order chi connectivity index (χ0) is 17.8. The zero-order valence-electron chi connectivity index (χ0n) is 14.8. The predicted octanol–water partition coefficient (Wildman–Crippen LogP) is 3.57. The Morgan fingerprint density at radius 3 is 2.56 bits per heavy atom. The van der Waals surface area contributed by atoms with Crippen molar-refractivity contribution in [3.8, 4) is 0 Å². The van der Waals surface area contributed by atoms with Crippen LogP contribution in [0, 0.1) is 6.92 Å². The summed E-state index contributed by atoms with van der Waals surface area (Å²) in [6.07, 6.45) is 3.67. The van der Waals surface area contributed by atoms with Gasteiger partial charge in [0.2, 0.25) is 0 Å². The molecule has 0 bridgehead atoms. The van der Waals surface area contributed by atoms with Crippen molar-refractivity contribution in [1.82, 2.24) is 9.47 Å². The molecule has 1 amide bonds. The number of pyridine rings is 1. The molecule has 0 aliphatic carbocycles. The highest BCUT2D eigenvalue weighted by Crippen LogP contribution is 2.32. The van der Waals surface area contributed by atoms with Crippen LogP contribution >= 0.6 is 11.8 Å². The van der Waals surface area contributed by atoms with Crippen molar-refractivity contribution in [2.24, 2.45) is 0 Å². The molecule has 0 saturated carbocycles. The van der Waals surface area contributed by atoms with Gasteiger partial charge >= 0.3 is 0 Å². The molecule has 0 unspecified atom stereocenters. The molecule has 1 saturated heterocycles. The van der Waals surface area contributed by atoms with Gasteiger partial charge in [-0.25, -0.2) is 0 Å². The van der Waals surface area contributed by atoms with Gasteiger partial charge in [-0.15, -0.1) is 11.8 Å². The molecule has 132 valence electrons. The summed E-state index contributed by atoms with van der Waals surface area (Å²) >= 11 is 1.92. The molecule has 2 aromatic rings. The van der Waals surface area contributed by atoms with E-state index in [1.54, 1.807) is 16.8 Å². The SMILES string of the molecule is CCn1ccc(C(=O)N2CCC(Sc3ccccc3C)CC2)cc1=O. The summed E-state index contributed by atoms with van der Waals surface area (Å²) in [4.78, 5) is 27.8. The van der Waals surface area contributed by atoms with Gasteiger partial charge in [-0.1, -0.05) is 18.2 Å². The van der Waals surface area contributed by atoms with Crippen LogP contribution in [0.1, 0.15) is 35.7 Å². The van der Waals surface area contributed by atoms with Crippen molar-refractivity contribution in [3.05, 3.63) is 64.1 Å². The Hall–Kier alpha value is -2.01. The summed E-state index contributed by atoms with van der Waals surface area (Å²) in [7, 11) is 0. The van der Waals surface area contributed by atoms with Gasteiger partial charge in [0.1, 0.15) is 0 Å². The number of amides is 1. The quantitative estimate of drug-likeness (QED) is 0.841. The van der Waals surface area contributed by atoms with E-state index in [2.05, 4.69) is 31.2 Å². The van der Waals surface area contributed by atoms with Gasteiger partial charge in [0, 0.05) is 47.6 Å². The maximum atomic E-state index is 12.6. The molecule has 1 fully saturated rings. The summed E-state index contributed by atoms with van der Waals surface area (Å²) < 4.78 is 1.60. The molecule has 4 nitrogen and oxygen atoms in total. The molecular weight excluding hydrogens is 332 g/mol. The zero-order valence-corrected chi connectivity index (χ0v) is 15.6. The lowest BCUT2D eigenvalue weighted by molar-refractivity contribution is 0.0727. The van der Waals surface area contributed by atoms with E-state index in [4.69, 9.17) is 0 Å². The van der Waals surface area contributed by atoms with Gasteiger partial charge in [0.05, 0.1) is 0 Å². The van der Waals surface area contributed by atoms with Crippen molar-refractivity contribution in [2.75, 3.05) is 13.1 Å². The fourth-order valence-electron chi connectivity index (χ4n) is 3.13. The molecule has 0 atom stereocenters. The topological polar surface area (TPSA) is 42.3 Å². The Bertz CT molecular complexity index is 807. The standard InChI is InChI=1S/C20H24N2O2S/c1-3-21-11-8-16(14-19(21)23)20(24)22-12-9-17(10-13-22)25-18-7-5-4-6-15(18)2/h4-8,11,14,17H,3,9-10,12-13H2,1-2H3. The number of hydrogen-bond donors (Lipinski definition) is 0. The molecule has 0 N–H and O–H groups in total. The summed E-state index contributed by atoms with van der Waals surface area (Å²) in [6.45, 7) is 6.17. The minimum absolute atomic E-state index is 0.0281. The number of aryl methyl sites for hydroxylation is 2. The van der Waals surface area contributed by atoms with E-state index in [1.807, 2.05) is 23.6 Å². The van der Waals surface area contributed by atoms with E-state index in [9.17, 15) is 9.59 Å². The lowest BCUT2D eigenvalue weighted by Gasteiger charge is -2.32. The third-order valence-corrected chi connectivity index (χ3v) is 6.22. The van der Waals surface area contributed by atoms with E-state index in [0.29, 0.717) is 17.4 Å². The largest absolute Gasteiger partial charge is 0.339 e. The van der Waals surface area contributed by atoms with Crippen LogP contribution in [-0.4, -0.2) is 33.7 Å². The number of hydrogen-bond acceptors (Lipinski definition) is 3. The van der Waals surface area contributed by atoms with E-state index in [0.717, 1.165) is 25.9 Å². The van der Waals surface area contributed by atoms with Crippen LogP contribution in [0.5, 0.6) is 0 Å². The Morgan fingerprint density at radius 2 is 1.92 bits per heavy atom. The minimum atomic E-state index is -0.113. The third-order valence-electron chi connectivity index (χ3n) is 4.70. The van der Waals surface area contributed by atoms with Crippen LogP contribution in [0.2, 0.25) is 0 Å². The average molecular weight is 356 g/mol. The lowest BCUT2D eigenvalue weighted by Crippen LogP contribution is -2.39. The first kappa shape index (κ1) is 17.8. The molecule has 25 heavy (non-hydrogen) atoms. The maximum absolute atomic E-state index is 12.6. The van der Waals surface area contributed by atoms with Gasteiger partial charge in [-0.05, 0) is 44.4 Å². The van der Waals surface area contributed by atoms with Gasteiger partial charge in [0.15, 0.2) is 0 Å². The van der Waals surface area contributed by atoms with Crippen LogP contribution in [0.25, 0.3) is 0 Å². The van der Waals surface area contributed by atoms with Crippen LogP contribution in [0.4, 0.5) is 0 Å². The highest BCUT2D eigenvalue weighted by Gasteiger charge is 2.24. The molecular formula is C20H24N2O2S. The molecule has 1 aromatic heterocycles. The number of rotatable bonds is 4. The van der Waals surface area contributed by atoms with Gasteiger partial charge in [0.25, 0.3) is 11.5 Å². The van der Waals surface area contributed by atoms with Crippen molar-refractivity contribution < 1.29 is 4.79 Å². The van der Waals surface area contributed by atoms with Crippen molar-refractivity contribution >= 4 is 17.7 Å². The van der Waals surface area contributed by atoms with Crippen molar-refractivity contribution in [1.29, 1.82) is 0 Å². The van der Waals surface area contributed by atoms with Crippen LogP contribution in [0.3, 0.4) is 0 Å². The Morgan fingerprint density at radius 1 is 1.20 bits per heavy atom. The number of piperidine rings is 1. The summed E-state index contributed by atoms with van der Waals surface area (Å²) in [5, 5.41) is 0.540.